The first-order valence-corrected chi connectivity index (χ1v) is 11.0. The van der Waals surface area contributed by atoms with Gasteiger partial charge in [0.2, 0.25) is 11.8 Å². The van der Waals surface area contributed by atoms with Gasteiger partial charge in [0.05, 0.1) is 0 Å². The summed E-state index contributed by atoms with van der Waals surface area (Å²) < 4.78 is 0. The van der Waals surface area contributed by atoms with Crippen molar-refractivity contribution in [2.24, 2.45) is 29.4 Å². The fourth-order valence-corrected chi connectivity index (χ4v) is 5.54. The Labute approximate surface area is 180 Å². The molecule has 1 aliphatic heterocycles. The van der Waals surface area contributed by atoms with Gasteiger partial charge < -0.3 is 16.0 Å². The van der Waals surface area contributed by atoms with Gasteiger partial charge in [0.25, 0.3) is 0 Å². The average molecular weight is 420 g/mol. The maximum Gasteiger partial charge on any atom is 0.225 e. The number of fused-ring (bicyclic) bond motifs is 2. The lowest BCUT2D eigenvalue weighted by molar-refractivity contribution is -0.141. The van der Waals surface area contributed by atoms with Crippen LogP contribution >= 0.6 is 12.4 Å². The summed E-state index contributed by atoms with van der Waals surface area (Å²) in [5, 5.41) is 3.05. The Hall–Kier alpha value is -1.59. The van der Waals surface area contributed by atoms with Crippen LogP contribution in [0.4, 0.5) is 0 Å². The SMILES string of the molecule is Cl.NC1C2CCCC1CC(C(=O)N1CCC(C(=O)NCc3ccccc3)CC1)C2. The molecule has 2 amide bonds. The number of amides is 2. The number of hydrogen-bond acceptors (Lipinski definition) is 3. The van der Waals surface area contributed by atoms with Crippen LogP contribution < -0.4 is 11.1 Å². The molecule has 2 atom stereocenters. The van der Waals surface area contributed by atoms with Gasteiger partial charge in [-0.3, -0.25) is 9.59 Å². The first kappa shape index (κ1) is 22.1. The fraction of sp³-hybridized carbons (Fsp3) is 0.652. The van der Waals surface area contributed by atoms with Crippen LogP contribution in [0.1, 0.15) is 50.5 Å². The molecule has 2 aliphatic carbocycles. The van der Waals surface area contributed by atoms with Crippen molar-refractivity contribution in [1.82, 2.24) is 10.2 Å². The maximum atomic E-state index is 13.1. The molecule has 0 aromatic heterocycles. The van der Waals surface area contributed by atoms with E-state index in [4.69, 9.17) is 5.73 Å². The highest BCUT2D eigenvalue weighted by Crippen LogP contribution is 2.42. The minimum absolute atomic E-state index is 0. The summed E-state index contributed by atoms with van der Waals surface area (Å²) in [6.45, 7) is 1.99. The van der Waals surface area contributed by atoms with E-state index in [1.54, 1.807) is 0 Å². The summed E-state index contributed by atoms with van der Waals surface area (Å²) in [7, 11) is 0. The quantitative estimate of drug-likeness (QED) is 0.787. The van der Waals surface area contributed by atoms with Crippen molar-refractivity contribution in [1.29, 1.82) is 0 Å². The predicted molar refractivity (Wildman–Crippen MR) is 116 cm³/mol. The normalized spacial score (nSPS) is 29.6. The number of rotatable bonds is 4. The van der Waals surface area contributed by atoms with Crippen LogP contribution in [0.15, 0.2) is 30.3 Å². The molecular formula is C23H34ClN3O2. The van der Waals surface area contributed by atoms with Crippen LogP contribution in [0.3, 0.4) is 0 Å². The topological polar surface area (TPSA) is 75.4 Å². The van der Waals surface area contributed by atoms with Crippen molar-refractivity contribution in [2.75, 3.05) is 13.1 Å². The van der Waals surface area contributed by atoms with Crippen LogP contribution in [0.5, 0.6) is 0 Å². The summed E-state index contributed by atoms with van der Waals surface area (Å²) in [5.41, 5.74) is 7.49. The summed E-state index contributed by atoms with van der Waals surface area (Å²) in [6.07, 6.45) is 7.11. The number of piperidine rings is 1. The van der Waals surface area contributed by atoms with Crippen molar-refractivity contribution < 1.29 is 9.59 Å². The van der Waals surface area contributed by atoms with Gasteiger partial charge in [0, 0.05) is 37.5 Å². The molecule has 2 unspecified atom stereocenters. The molecular weight excluding hydrogens is 386 g/mol. The van der Waals surface area contributed by atoms with E-state index in [1.807, 2.05) is 35.2 Å². The summed E-state index contributed by atoms with van der Waals surface area (Å²) in [5.74, 6) is 1.66. The molecule has 3 fully saturated rings. The van der Waals surface area contributed by atoms with Gasteiger partial charge in [-0.15, -0.1) is 12.4 Å². The van der Waals surface area contributed by atoms with E-state index in [9.17, 15) is 9.59 Å². The monoisotopic (exact) mass is 419 g/mol. The first-order chi connectivity index (χ1) is 13.6. The van der Waals surface area contributed by atoms with E-state index >= 15 is 0 Å². The fourth-order valence-electron chi connectivity index (χ4n) is 5.54. The van der Waals surface area contributed by atoms with Gasteiger partial charge in [0.15, 0.2) is 0 Å². The third-order valence-electron chi connectivity index (χ3n) is 7.25. The van der Waals surface area contributed by atoms with E-state index in [-0.39, 0.29) is 30.2 Å². The molecule has 1 aromatic rings. The van der Waals surface area contributed by atoms with E-state index in [0.717, 1.165) is 31.2 Å². The zero-order valence-corrected chi connectivity index (χ0v) is 17.9. The van der Waals surface area contributed by atoms with E-state index in [0.29, 0.717) is 43.4 Å². The second kappa shape index (κ2) is 9.94. The van der Waals surface area contributed by atoms with Crippen LogP contribution in [-0.2, 0) is 16.1 Å². The second-order valence-corrected chi connectivity index (χ2v) is 9.00. The van der Waals surface area contributed by atoms with Gasteiger partial charge in [-0.25, -0.2) is 0 Å². The lowest BCUT2D eigenvalue weighted by atomic mass is 9.65. The molecule has 5 nitrogen and oxygen atoms in total. The number of nitrogens with one attached hydrogen (secondary N) is 1. The standard InChI is InChI=1S/C23H33N3O2.ClH/c24-21-18-7-4-8-19(21)14-20(13-18)23(28)26-11-9-17(10-12-26)22(27)25-15-16-5-2-1-3-6-16;/h1-3,5-6,17-21H,4,7-15,24H2,(H,25,27);1H. The third kappa shape index (κ3) is 5.13. The number of halogens is 1. The molecule has 2 saturated carbocycles. The van der Waals surface area contributed by atoms with Crippen LogP contribution in [0.2, 0.25) is 0 Å². The molecule has 29 heavy (non-hydrogen) atoms. The third-order valence-corrected chi connectivity index (χ3v) is 7.25. The summed E-state index contributed by atoms with van der Waals surface area (Å²) in [4.78, 5) is 27.6. The molecule has 0 radical (unpaired) electrons. The number of carbonyl (C=O) groups excluding carboxylic acids is 2. The second-order valence-electron chi connectivity index (χ2n) is 9.00. The van der Waals surface area contributed by atoms with E-state index in [1.165, 1.54) is 19.3 Å². The van der Waals surface area contributed by atoms with Crippen molar-refractivity contribution in [3.05, 3.63) is 35.9 Å². The summed E-state index contributed by atoms with van der Waals surface area (Å²) >= 11 is 0. The van der Waals surface area contributed by atoms with E-state index < -0.39 is 0 Å². The van der Waals surface area contributed by atoms with Crippen molar-refractivity contribution in [2.45, 2.75) is 57.5 Å². The number of nitrogens with zero attached hydrogens (tertiary/aromatic N) is 1. The van der Waals surface area contributed by atoms with E-state index in [2.05, 4.69) is 5.32 Å². The lowest BCUT2D eigenvalue weighted by Gasteiger charge is -2.45. The highest BCUT2D eigenvalue weighted by atomic mass is 35.5. The highest BCUT2D eigenvalue weighted by Gasteiger charge is 2.42. The minimum Gasteiger partial charge on any atom is -0.352 e. The molecule has 1 aromatic carbocycles. The minimum atomic E-state index is 0. The average Bonchev–Trinajstić information content (AvgIpc) is 2.72. The first-order valence-electron chi connectivity index (χ1n) is 11.0. The smallest absolute Gasteiger partial charge is 0.225 e. The zero-order chi connectivity index (χ0) is 19.5. The molecule has 0 spiro atoms. The summed E-state index contributed by atoms with van der Waals surface area (Å²) in [6, 6.07) is 10.3. The Bertz CT molecular complexity index is 677. The molecule has 6 heteroatoms. The Morgan fingerprint density at radius 3 is 2.21 bits per heavy atom. The number of nitrogens with two attached hydrogens (primary N) is 1. The van der Waals surface area contributed by atoms with Crippen LogP contribution in [-0.4, -0.2) is 35.8 Å². The Balaban J connectivity index is 0.00000240. The van der Waals surface area contributed by atoms with Gasteiger partial charge >= 0.3 is 0 Å². The molecule has 1 saturated heterocycles. The number of likely N-dealkylation sites (tertiary alicyclic amines) is 1. The van der Waals surface area contributed by atoms with Crippen LogP contribution in [0.25, 0.3) is 0 Å². The molecule has 2 bridgehead atoms. The van der Waals surface area contributed by atoms with Crippen molar-refractivity contribution in [3.8, 4) is 0 Å². The van der Waals surface area contributed by atoms with Crippen molar-refractivity contribution in [3.63, 3.8) is 0 Å². The Kier molecular flexibility index (Phi) is 7.58. The van der Waals surface area contributed by atoms with Crippen LogP contribution in [0, 0.1) is 23.7 Å². The zero-order valence-electron chi connectivity index (χ0n) is 17.1. The molecule has 3 aliphatic rings. The molecule has 1 heterocycles. The number of carbonyl (C=O) groups is 2. The molecule has 3 N–H and O–H groups in total. The number of benzene rings is 1. The van der Waals surface area contributed by atoms with Gasteiger partial charge in [-0.1, -0.05) is 36.8 Å². The molecule has 160 valence electrons. The largest absolute Gasteiger partial charge is 0.352 e. The molecule has 4 rings (SSSR count). The van der Waals surface area contributed by atoms with Gasteiger partial charge in [-0.2, -0.15) is 0 Å². The van der Waals surface area contributed by atoms with Crippen molar-refractivity contribution >= 4 is 24.2 Å². The van der Waals surface area contributed by atoms with Gasteiger partial charge in [0.1, 0.15) is 0 Å². The maximum absolute atomic E-state index is 13.1. The number of hydrogen-bond donors (Lipinski definition) is 2. The Morgan fingerprint density at radius 1 is 0.966 bits per heavy atom. The predicted octanol–water partition coefficient (Wildman–Crippen LogP) is 3.12. The van der Waals surface area contributed by atoms with Gasteiger partial charge in [-0.05, 0) is 55.9 Å². The Morgan fingerprint density at radius 2 is 1.59 bits per heavy atom. The highest BCUT2D eigenvalue weighted by molar-refractivity contribution is 5.85. The lowest BCUT2D eigenvalue weighted by Crippen LogP contribution is -2.51.